The predicted octanol–water partition coefficient (Wildman–Crippen LogP) is 6.29. The highest BCUT2D eigenvalue weighted by Crippen LogP contribution is 2.25. The van der Waals surface area contributed by atoms with Crippen LogP contribution >= 0.6 is 15.9 Å². The maximum absolute atomic E-state index is 12.6. The van der Waals surface area contributed by atoms with Gasteiger partial charge in [0.1, 0.15) is 0 Å². The van der Waals surface area contributed by atoms with E-state index in [-0.39, 0.29) is 5.91 Å². The molecule has 3 aromatic carbocycles. The molecule has 0 unspecified atom stereocenters. The van der Waals surface area contributed by atoms with Crippen LogP contribution in [0.15, 0.2) is 77.3 Å². The van der Waals surface area contributed by atoms with Crippen LogP contribution in [0.1, 0.15) is 29.8 Å². The molecule has 0 fully saturated rings. The van der Waals surface area contributed by atoms with Gasteiger partial charge in [0.2, 0.25) is 0 Å². The standard InChI is InChI=1S/C26H25BrN4O2/c1-17(2)16-33-26-29-24(19-10-8-18(3)9-11-19)31(30-26)21-14-12-20(13-15-21)28-25(32)22-6-4-5-7-23(22)27/h4-15,17H,16H2,1-3H3,(H,28,32). The van der Waals surface area contributed by atoms with Crippen molar-refractivity contribution in [3.05, 3.63) is 88.4 Å². The minimum atomic E-state index is -0.180. The zero-order valence-electron chi connectivity index (χ0n) is 18.7. The fourth-order valence-corrected chi connectivity index (χ4v) is 3.66. The molecule has 0 saturated carbocycles. The Labute approximate surface area is 201 Å². The SMILES string of the molecule is Cc1ccc(-c2nc(OCC(C)C)nn2-c2ccc(NC(=O)c3ccccc3Br)cc2)cc1. The van der Waals surface area contributed by atoms with Crippen LogP contribution in [0.4, 0.5) is 5.69 Å². The molecule has 4 aromatic rings. The van der Waals surface area contributed by atoms with Crippen molar-refractivity contribution in [1.29, 1.82) is 0 Å². The van der Waals surface area contributed by atoms with Crippen molar-refractivity contribution in [3.63, 3.8) is 0 Å². The Morgan fingerprint density at radius 2 is 1.73 bits per heavy atom. The van der Waals surface area contributed by atoms with Gasteiger partial charge in [0, 0.05) is 15.7 Å². The summed E-state index contributed by atoms with van der Waals surface area (Å²) in [6.07, 6.45) is 0. The molecule has 0 bridgehead atoms. The van der Waals surface area contributed by atoms with E-state index in [4.69, 9.17) is 4.74 Å². The second-order valence-electron chi connectivity index (χ2n) is 8.18. The molecular formula is C26H25BrN4O2. The molecule has 33 heavy (non-hydrogen) atoms. The Kier molecular flexibility index (Phi) is 6.89. The fourth-order valence-electron chi connectivity index (χ4n) is 3.19. The predicted molar refractivity (Wildman–Crippen MR) is 134 cm³/mol. The number of carbonyl (C=O) groups excluding carboxylic acids is 1. The number of aromatic nitrogens is 3. The minimum absolute atomic E-state index is 0.180. The molecule has 4 rings (SSSR count). The zero-order chi connectivity index (χ0) is 23.4. The van der Waals surface area contributed by atoms with Gasteiger partial charge in [-0.1, -0.05) is 55.8 Å². The summed E-state index contributed by atoms with van der Waals surface area (Å²) >= 11 is 3.42. The lowest BCUT2D eigenvalue weighted by molar-refractivity contribution is 0.102. The maximum Gasteiger partial charge on any atom is 0.336 e. The van der Waals surface area contributed by atoms with Crippen LogP contribution in [0.25, 0.3) is 17.1 Å². The summed E-state index contributed by atoms with van der Waals surface area (Å²) in [7, 11) is 0. The third-order valence-electron chi connectivity index (χ3n) is 4.93. The molecule has 1 N–H and O–H groups in total. The van der Waals surface area contributed by atoms with E-state index in [1.165, 1.54) is 5.56 Å². The van der Waals surface area contributed by atoms with Crippen LogP contribution in [-0.2, 0) is 0 Å². The van der Waals surface area contributed by atoms with Gasteiger partial charge in [0.05, 0.1) is 17.9 Å². The Bertz CT molecular complexity index is 1250. The van der Waals surface area contributed by atoms with Crippen molar-refractivity contribution < 1.29 is 9.53 Å². The van der Waals surface area contributed by atoms with Gasteiger partial charge < -0.3 is 10.1 Å². The number of amides is 1. The number of ether oxygens (including phenoxy) is 1. The van der Waals surface area contributed by atoms with Gasteiger partial charge in [0.15, 0.2) is 5.82 Å². The first-order chi connectivity index (χ1) is 15.9. The van der Waals surface area contributed by atoms with E-state index in [1.54, 1.807) is 10.7 Å². The average Bonchev–Trinajstić information content (AvgIpc) is 3.23. The summed E-state index contributed by atoms with van der Waals surface area (Å²) in [5.41, 5.74) is 4.20. The van der Waals surface area contributed by atoms with E-state index in [0.717, 1.165) is 15.7 Å². The molecule has 6 nitrogen and oxygen atoms in total. The molecule has 0 radical (unpaired) electrons. The first kappa shape index (κ1) is 22.7. The highest BCUT2D eigenvalue weighted by molar-refractivity contribution is 9.10. The molecule has 7 heteroatoms. The topological polar surface area (TPSA) is 69.0 Å². The number of anilines is 1. The first-order valence-electron chi connectivity index (χ1n) is 10.7. The monoisotopic (exact) mass is 504 g/mol. The van der Waals surface area contributed by atoms with Crippen LogP contribution in [0.3, 0.4) is 0 Å². The fraction of sp³-hybridized carbons (Fsp3) is 0.192. The van der Waals surface area contributed by atoms with Gasteiger partial charge in [0.25, 0.3) is 5.91 Å². The quantitative estimate of drug-likeness (QED) is 0.321. The number of hydrogen-bond donors (Lipinski definition) is 1. The number of benzene rings is 3. The molecule has 1 amide bonds. The second kappa shape index (κ2) is 10.0. The Morgan fingerprint density at radius 1 is 1.03 bits per heavy atom. The largest absolute Gasteiger partial charge is 0.462 e. The van der Waals surface area contributed by atoms with E-state index in [9.17, 15) is 4.79 Å². The number of hydrogen-bond acceptors (Lipinski definition) is 4. The van der Waals surface area contributed by atoms with Crippen LogP contribution in [-0.4, -0.2) is 27.3 Å². The molecule has 0 aliphatic heterocycles. The van der Waals surface area contributed by atoms with E-state index in [0.29, 0.717) is 35.6 Å². The number of nitrogens with one attached hydrogen (secondary N) is 1. The van der Waals surface area contributed by atoms with Crippen LogP contribution in [0.5, 0.6) is 6.01 Å². The Balaban J connectivity index is 1.61. The van der Waals surface area contributed by atoms with Crippen molar-refractivity contribution in [3.8, 4) is 23.1 Å². The van der Waals surface area contributed by atoms with Crippen molar-refractivity contribution in [2.24, 2.45) is 5.92 Å². The van der Waals surface area contributed by atoms with E-state index < -0.39 is 0 Å². The van der Waals surface area contributed by atoms with E-state index in [1.807, 2.05) is 73.7 Å². The normalized spacial score (nSPS) is 10.9. The molecule has 0 atom stereocenters. The number of halogens is 1. The van der Waals surface area contributed by atoms with Crippen LogP contribution < -0.4 is 10.1 Å². The Hall–Kier alpha value is -3.45. The summed E-state index contributed by atoms with van der Waals surface area (Å²) < 4.78 is 8.30. The molecule has 0 aliphatic rings. The summed E-state index contributed by atoms with van der Waals surface area (Å²) in [5, 5.41) is 7.52. The van der Waals surface area contributed by atoms with Gasteiger partial charge in [-0.3, -0.25) is 4.79 Å². The molecule has 0 aliphatic carbocycles. The van der Waals surface area contributed by atoms with Crippen LogP contribution in [0.2, 0.25) is 0 Å². The number of aryl methyl sites for hydroxylation is 1. The van der Waals surface area contributed by atoms with Gasteiger partial charge in [-0.25, -0.2) is 4.68 Å². The highest BCUT2D eigenvalue weighted by Gasteiger charge is 2.16. The number of nitrogens with zero attached hydrogens (tertiary/aromatic N) is 3. The van der Waals surface area contributed by atoms with Gasteiger partial charge >= 0.3 is 6.01 Å². The Morgan fingerprint density at radius 3 is 2.39 bits per heavy atom. The van der Waals surface area contributed by atoms with E-state index in [2.05, 4.69) is 45.2 Å². The lowest BCUT2D eigenvalue weighted by Crippen LogP contribution is -2.12. The van der Waals surface area contributed by atoms with Gasteiger partial charge in [-0.05, 0) is 65.2 Å². The van der Waals surface area contributed by atoms with Crippen molar-refractivity contribution in [1.82, 2.24) is 14.8 Å². The molecule has 0 saturated heterocycles. The second-order valence-corrected chi connectivity index (χ2v) is 9.04. The smallest absolute Gasteiger partial charge is 0.336 e. The molecule has 1 aromatic heterocycles. The maximum atomic E-state index is 12.6. The lowest BCUT2D eigenvalue weighted by atomic mass is 10.1. The summed E-state index contributed by atoms with van der Waals surface area (Å²) in [5.74, 6) is 0.881. The van der Waals surface area contributed by atoms with Crippen molar-refractivity contribution in [2.75, 3.05) is 11.9 Å². The molecule has 1 heterocycles. The molecule has 0 spiro atoms. The van der Waals surface area contributed by atoms with Gasteiger partial charge in [-0.15, -0.1) is 5.10 Å². The van der Waals surface area contributed by atoms with Crippen LogP contribution in [0, 0.1) is 12.8 Å². The average molecular weight is 505 g/mol. The van der Waals surface area contributed by atoms with E-state index >= 15 is 0 Å². The number of rotatable bonds is 7. The van der Waals surface area contributed by atoms with Crippen molar-refractivity contribution >= 4 is 27.5 Å². The highest BCUT2D eigenvalue weighted by atomic mass is 79.9. The summed E-state index contributed by atoms with van der Waals surface area (Å²) in [6, 6.07) is 23.3. The lowest BCUT2D eigenvalue weighted by Gasteiger charge is -2.09. The third-order valence-corrected chi connectivity index (χ3v) is 5.62. The minimum Gasteiger partial charge on any atom is -0.462 e. The summed E-state index contributed by atoms with van der Waals surface area (Å²) in [4.78, 5) is 17.2. The molecular weight excluding hydrogens is 480 g/mol. The first-order valence-corrected chi connectivity index (χ1v) is 11.5. The third kappa shape index (κ3) is 5.49. The molecule has 168 valence electrons. The summed E-state index contributed by atoms with van der Waals surface area (Å²) in [6.45, 7) is 6.75. The zero-order valence-corrected chi connectivity index (χ0v) is 20.3. The number of carbonyl (C=O) groups is 1. The van der Waals surface area contributed by atoms with Crippen molar-refractivity contribution in [2.45, 2.75) is 20.8 Å². The van der Waals surface area contributed by atoms with Gasteiger partial charge in [-0.2, -0.15) is 4.98 Å².